The molecule has 0 N–H and O–H groups in total. The number of ether oxygens (including phenoxy) is 1. The molecule has 1 amide bonds. The molecule has 0 spiro atoms. The summed E-state index contributed by atoms with van der Waals surface area (Å²) in [5.74, 6) is 0.245. The molecule has 0 aromatic heterocycles. The number of rotatable bonds is 0. The topological polar surface area (TPSA) is 46.6 Å². The van der Waals surface area contributed by atoms with Crippen LogP contribution in [0.4, 0.5) is 0 Å². The minimum Gasteiger partial charge on any atom is -0.466 e. The van der Waals surface area contributed by atoms with E-state index in [9.17, 15) is 9.59 Å². The van der Waals surface area contributed by atoms with Gasteiger partial charge in [0.25, 0.3) is 0 Å². The van der Waals surface area contributed by atoms with E-state index in [0.29, 0.717) is 18.9 Å². The Hall–Kier alpha value is -1.06. The molecule has 74 valence electrons. The van der Waals surface area contributed by atoms with Gasteiger partial charge in [-0.3, -0.25) is 9.59 Å². The maximum absolute atomic E-state index is 10.5. The molecule has 4 heteroatoms. The molecule has 0 radical (unpaired) electrons. The first-order chi connectivity index (χ1) is 6.20. The Bertz CT molecular complexity index is 195. The van der Waals surface area contributed by atoms with E-state index in [1.165, 1.54) is 0 Å². The van der Waals surface area contributed by atoms with E-state index in [4.69, 9.17) is 0 Å². The van der Waals surface area contributed by atoms with Crippen LogP contribution in [0.3, 0.4) is 0 Å². The Balaban J connectivity index is 0.000000132. The summed E-state index contributed by atoms with van der Waals surface area (Å²) in [6.45, 7) is 1.59. The number of hydrogen-bond donors (Lipinski definition) is 0. The Labute approximate surface area is 77.8 Å². The van der Waals surface area contributed by atoms with Crippen LogP contribution in [-0.4, -0.2) is 37.0 Å². The van der Waals surface area contributed by atoms with Crippen molar-refractivity contribution in [1.82, 2.24) is 4.90 Å². The molecule has 4 nitrogen and oxygen atoms in total. The number of amides is 1. The van der Waals surface area contributed by atoms with Gasteiger partial charge in [0.1, 0.15) is 0 Å². The zero-order chi connectivity index (χ0) is 9.68. The highest BCUT2D eigenvalue weighted by molar-refractivity contribution is 5.77. The maximum atomic E-state index is 10.5. The molecule has 2 aliphatic heterocycles. The fraction of sp³-hybridized carbons (Fsp3) is 0.778. The van der Waals surface area contributed by atoms with Crippen LogP contribution in [0, 0.1) is 0 Å². The van der Waals surface area contributed by atoms with Crippen molar-refractivity contribution in [2.45, 2.75) is 25.7 Å². The van der Waals surface area contributed by atoms with Crippen LogP contribution in [0.15, 0.2) is 0 Å². The van der Waals surface area contributed by atoms with Crippen molar-refractivity contribution >= 4 is 11.9 Å². The second kappa shape index (κ2) is 4.84. The molecule has 2 heterocycles. The van der Waals surface area contributed by atoms with Gasteiger partial charge < -0.3 is 9.64 Å². The summed E-state index contributed by atoms with van der Waals surface area (Å²) in [4.78, 5) is 22.3. The van der Waals surface area contributed by atoms with Crippen LogP contribution < -0.4 is 0 Å². The minimum absolute atomic E-state index is 0.0463. The number of nitrogens with zero attached hydrogens (tertiary/aromatic N) is 1. The van der Waals surface area contributed by atoms with Gasteiger partial charge in [-0.1, -0.05) is 0 Å². The molecule has 2 aliphatic rings. The number of carbonyl (C=O) groups is 2. The summed E-state index contributed by atoms with van der Waals surface area (Å²) in [5.41, 5.74) is 0. The summed E-state index contributed by atoms with van der Waals surface area (Å²) in [7, 11) is 1.84. The van der Waals surface area contributed by atoms with Crippen molar-refractivity contribution in [2.75, 3.05) is 20.2 Å². The molecular weight excluding hydrogens is 170 g/mol. The van der Waals surface area contributed by atoms with E-state index in [1.807, 2.05) is 7.05 Å². The Morgan fingerprint density at radius 1 is 1.23 bits per heavy atom. The lowest BCUT2D eigenvalue weighted by atomic mass is 10.4. The molecule has 0 saturated carbocycles. The second-order valence-electron chi connectivity index (χ2n) is 3.24. The summed E-state index contributed by atoms with van der Waals surface area (Å²) in [5, 5.41) is 0. The standard InChI is InChI=1S/C5H9NO.C4H6O2/c1-6-4-2-3-5(6)7;5-4-2-1-3-6-4/h2-4H2,1H3;1-3H2. The molecule has 0 aromatic carbocycles. The van der Waals surface area contributed by atoms with Crippen LogP contribution in [0.1, 0.15) is 25.7 Å². The summed E-state index contributed by atoms with van der Waals surface area (Å²) in [6, 6.07) is 0. The molecule has 0 atom stereocenters. The zero-order valence-corrected chi connectivity index (χ0v) is 7.91. The lowest BCUT2D eigenvalue weighted by molar-refractivity contribution is -0.138. The van der Waals surface area contributed by atoms with E-state index in [2.05, 4.69) is 4.74 Å². The first-order valence-corrected chi connectivity index (χ1v) is 4.60. The van der Waals surface area contributed by atoms with E-state index < -0.39 is 0 Å². The van der Waals surface area contributed by atoms with Crippen molar-refractivity contribution < 1.29 is 14.3 Å². The van der Waals surface area contributed by atoms with Crippen molar-refractivity contribution in [3.8, 4) is 0 Å². The first kappa shape index (κ1) is 10.0. The summed E-state index contributed by atoms with van der Waals surface area (Å²) in [6.07, 6.45) is 3.35. The zero-order valence-electron chi connectivity index (χ0n) is 7.91. The van der Waals surface area contributed by atoms with Gasteiger partial charge >= 0.3 is 5.97 Å². The average molecular weight is 185 g/mol. The third-order valence-corrected chi connectivity index (χ3v) is 2.10. The number of likely N-dealkylation sites (tertiary alicyclic amines) is 1. The van der Waals surface area contributed by atoms with Crippen molar-refractivity contribution in [1.29, 1.82) is 0 Å². The minimum atomic E-state index is -0.0463. The van der Waals surface area contributed by atoms with Crippen LogP contribution in [-0.2, 0) is 14.3 Å². The molecule has 0 unspecified atom stereocenters. The summed E-state index contributed by atoms with van der Waals surface area (Å²) < 4.78 is 4.51. The summed E-state index contributed by atoms with van der Waals surface area (Å²) >= 11 is 0. The third kappa shape index (κ3) is 3.44. The van der Waals surface area contributed by atoms with Gasteiger partial charge in [0, 0.05) is 26.4 Å². The normalized spacial score (nSPS) is 21.2. The molecule has 2 saturated heterocycles. The second-order valence-corrected chi connectivity index (χ2v) is 3.24. The molecule has 0 bridgehead atoms. The molecule has 13 heavy (non-hydrogen) atoms. The lowest BCUT2D eigenvalue weighted by Gasteiger charge is -2.03. The number of hydrogen-bond acceptors (Lipinski definition) is 3. The number of cyclic esters (lactones) is 1. The van der Waals surface area contributed by atoms with Crippen molar-refractivity contribution in [3.05, 3.63) is 0 Å². The third-order valence-electron chi connectivity index (χ3n) is 2.10. The molecular formula is C9H15NO3. The van der Waals surface area contributed by atoms with Gasteiger partial charge in [0.15, 0.2) is 0 Å². The van der Waals surface area contributed by atoms with Crippen LogP contribution in [0.5, 0.6) is 0 Å². The highest BCUT2D eigenvalue weighted by atomic mass is 16.5. The fourth-order valence-electron chi connectivity index (χ4n) is 1.26. The Kier molecular flexibility index (Phi) is 3.73. The van der Waals surface area contributed by atoms with Crippen LogP contribution in [0.2, 0.25) is 0 Å². The lowest BCUT2D eigenvalue weighted by Crippen LogP contribution is -2.17. The molecule has 2 fully saturated rings. The average Bonchev–Trinajstić information content (AvgIpc) is 2.67. The maximum Gasteiger partial charge on any atom is 0.305 e. The van der Waals surface area contributed by atoms with Gasteiger partial charge in [-0.25, -0.2) is 0 Å². The van der Waals surface area contributed by atoms with Crippen molar-refractivity contribution in [2.24, 2.45) is 0 Å². The van der Waals surface area contributed by atoms with Crippen LogP contribution >= 0.6 is 0 Å². The first-order valence-electron chi connectivity index (χ1n) is 4.60. The van der Waals surface area contributed by atoms with E-state index >= 15 is 0 Å². The monoisotopic (exact) mass is 185 g/mol. The van der Waals surface area contributed by atoms with Gasteiger partial charge in [-0.15, -0.1) is 0 Å². The fourth-order valence-corrected chi connectivity index (χ4v) is 1.26. The van der Waals surface area contributed by atoms with Gasteiger partial charge in [0.2, 0.25) is 5.91 Å². The van der Waals surface area contributed by atoms with E-state index in [1.54, 1.807) is 4.90 Å². The predicted octanol–water partition coefficient (Wildman–Crippen LogP) is 0.562. The van der Waals surface area contributed by atoms with Crippen LogP contribution in [0.25, 0.3) is 0 Å². The molecule has 0 aliphatic carbocycles. The van der Waals surface area contributed by atoms with Crippen molar-refractivity contribution in [3.63, 3.8) is 0 Å². The van der Waals surface area contributed by atoms with Gasteiger partial charge in [0.05, 0.1) is 6.61 Å². The largest absolute Gasteiger partial charge is 0.466 e. The molecule has 0 aromatic rings. The highest BCUT2D eigenvalue weighted by Crippen LogP contribution is 2.04. The highest BCUT2D eigenvalue weighted by Gasteiger charge is 2.14. The number of esters is 1. The van der Waals surface area contributed by atoms with Gasteiger partial charge in [-0.05, 0) is 12.8 Å². The Morgan fingerprint density at radius 3 is 2.15 bits per heavy atom. The quantitative estimate of drug-likeness (QED) is 0.518. The SMILES string of the molecule is CN1CCCC1=O.O=C1CCCO1. The van der Waals surface area contributed by atoms with E-state index in [-0.39, 0.29) is 5.97 Å². The predicted molar refractivity (Wildman–Crippen MR) is 47.1 cm³/mol. The number of carbonyl (C=O) groups excluding carboxylic acids is 2. The van der Waals surface area contributed by atoms with Gasteiger partial charge in [-0.2, -0.15) is 0 Å². The molecule has 2 rings (SSSR count). The Morgan fingerprint density at radius 2 is 2.00 bits per heavy atom. The smallest absolute Gasteiger partial charge is 0.305 e. The van der Waals surface area contributed by atoms with E-state index in [0.717, 1.165) is 25.8 Å².